The highest BCUT2D eigenvalue weighted by Gasteiger charge is 2.05. The molecule has 0 saturated carbocycles. The summed E-state index contributed by atoms with van der Waals surface area (Å²) in [5.74, 6) is -0.280. The molecule has 0 aromatic heterocycles. The van der Waals surface area contributed by atoms with Crippen molar-refractivity contribution in [1.82, 2.24) is 0 Å². The zero-order chi connectivity index (χ0) is 11.4. The lowest BCUT2D eigenvalue weighted by Crippen LogP contribution is -2.01. The first-order valence-electron chi connectivity index (χ1n) is 4.89. The van der Waals surface area contributed by atoms with Gasteiger partial charge in [0.15, 0.2) is 0 Å². The minimum absolute atomic E-state index is 0.280. The molecule has 1 rings (SSSR count). The monoisotopic (exact) mass is 204 g/mol. The molecule has 0 aliphatic carbocycles. The molecule has 2 heteroatoms. The number of hydrogen-bond acceptors (Lipinski definition) is 2. The second kappa shape index (κ2) is 4.78. The molecule has 15 heavy (non-hydrogen) atoms. The van der Waals surface area contributed by atoms with Crippen LogP contribution in [0.4, 0.5) is 0 Å². The third kappa shape index (κ3) is 2.69. The molecule has 1 aromatic carbocycles. The zero-order valence-electron chi connectivity index (χ0n) is 9.63. The second-order valence-electron chi connectivity index (χ2n) is 3.62. The van der Waals surface area contributed by atoms with Crippen molar-refractivity contribution in [2.45, 2.75) is 20.8 Å². The molecule has 0 amide bonds. The second-order valence-corrected chi connectivity index (χ2v) is 3.62. The molecule has 80 valence electrons. The third-order valence-corrected chi connectivity index (χ3v) is 2.41. The Balaban J connectivity index is 3.13. The van der Waals surface area contributed by atoms with Crippen molar-refractivity contribution in [3.05, 3.63) is 40.5 Å². The van der Waals surface area contributed by atoms with Gasteiger partial charge in [0.2, 0.25) is 0 Å². The van der Waals surface area contributed by atoms with E-state index in [1.165, 1.54) is 18.2 Å². The highest BCUT2D eigenvalue weighted by molar-refractivity contribution is 5.93. The van der Waals surface area contributed by atoms with E-state index in [-0.39, 0.29) is 5.97 Å². The van der Waals surface area contributed by atoms with Gasteiger partial charge in [0.05, 0.1) is 7.11 Å². The first-order valence-corrected chi connectivity index (χ1v) is 4.89. The Morgan fingerprint density at radius 1 is 1.27 bits per heavy atom. The molecule has 0 radical (unpaired) electrons. The zero-order valence-corrected chi connectivity index (χ0v) is 9.63. The van der Waals surface area contributed by atoms with E-state index in [4.69, 9.17) is 0 Å². The van der Waals surface area contributed by atoms with Gasteiger partial charge in [-0.1, -0.05) is 18.2 Å². The fourth-order valence-electron chi connectivity index (χ4n) is 1.49. The van der Waals surface area contributed by atoms with Gasteiger partial charge in [-0.3, -0.25) is 0 Å². The maximum Gasteiger partial charge on any atom is 0.333 e. The maximum absolute atomic E-state index is 11.2. The Morgan fingerprint density at radius 2 is 1.80 bits per heavy atom. The molecule has 0 spiro atoms. The van der Waals surface area contributed by atoms with Gasteiger partial charge in [0.25, 0.3) is 0 Å². The maximum atomic E-state index is 11.2. The molecule has 0 unspecified atom stereocenters. The molecule has 1 aromatic rings. The lowest BCUT2D eigenvalue weighted by atomic mass is 10.0. The summed E-state index contributed by atoms with van der Waals surface area (Å²) in [5, 5.41) is 0. The van der Waals surface area contributed by atoms with Gasteiger partial charge < -0.3 is 4.74 Å². The van der Waals surface area contributed by atoms with Gasteiger partial charge in [0.1, 0.15) is 0 Å². The fraction of sp³-hybridized carbons (Fsp3) is 0.308. The molecule has 0 saturated heterocycles. The first-order chi connectivity index (χ1) is 7.06. The molecule has 0 atom stereocenters. The molecular weight excluding hydrogens is 188 g/mol. The van der Waals surface area contributed by atoms with Crippen LogP contribution in [-0.2, 0) is 9.53 Å². The summed E-state index contributed by atoms with van der Waals surface area (Å²) < 4.78 is 4.66. The molecule has 2 nitrogen and oxygen atoms in total. The van der Waals surface area contributed by atoms with E-state index >= 15 is 0 Å². The van der Waals surface area contributed by atoms with Crippen LogP contribution in [0.3, 0.4) is 0 Å². The minimum atomic E-state index is -0.280. The topological polar surface area (TPSA) is 26.3 Å². The van der Waals surface area contributed by atoms with E-state index in [0.29, 0.717) is 5.57 Å². The number of hydrogen-bond donors (Lipinski definition) is 0. The van der Waals surface area contributed by atoms with Crippen molar-refractivity contribution < 1.29 is 9.53 Å². The minimum Gasteiger partial charge on any atom is -0.466 e. The average molecular weight is 204 g/mol. The van der Waals surface area contributed by atoms with Gasteiger partial charge >= 0.3 is 5.97 Å². The van der Waals surface area contributed by atoms with Crippen LogP contribution in [0.1, 0.15) is 23.6 Å². The number of rotatable bonds is 2. The molecule has 0 aliphatic rings. The molecule has 0 bridgehead atoms. The van der Waals surface area contributed by atoms with Gasteiger partial charge in [-0.15, -0.1) is 0 Å². The van der Waals surface area contributed by atoms with Crippen molar-refractivity contribution in [2.24, 2.45) is 0 Å². The Labute approximate surface area is 90.6 Å². The van der Waals surface area contributed by atoms with Gasteiger partial charge in [0, 0.05) is 5.57 Å². The standard InChI is InChI=1S/C13H16O2/c1-9-6-5-7-10(2)12(9)8-11(3)13(14)15-4/h5-8H,1-4H3/b11-8+. The predicted octanol–water partition coefficient (Wildman–Crippen LogP) is 2.88. The normalized spacial score (nSPS) is 11.3. The summed E-state index contributed by atoms with van der Waals surface area (Å²) in [4.78, 5) is 11.2. The summed E-state index contributed by atoms with van der Waals surface area (Å²) in [6, 6.07) is 6.07. The van der Waals surface area contributed by atoms with E-state index in [1.54, 1.807) is 6.92 Å². The van der Waals surface area contributed by atoms with Crippen molar-refractivity contribution >= 4 is 12.0 Å². The Hall–Kier alpha value is -1.57. The fourth-order valence-corrected chi connectivity index (χ4v) is 1.49. The number of carbonyl (C=O) groups excluding carboxylic acids is 1. The largest absolute Gasteiger partial charge is 0.466 e. The van der Waals surface area contributed by atoms with Crippen LogP contribution in [0.25, 0.3) is 6.08 Å². The van der Waals surface area contributed by atoms with Crippen LogP contribution in [-0.4, -0.2) is 13.1 Å². The molecule has 0 aliphatic heterocycles. The van der Waals surface area contributed by atoms with Crippen LogP contribution in [0.15, 0.2) is 23.8 Å². The number of aryl methyl sites for hydroxylation is 2. The predicted molar refractivity (Wildman–Crippen MR) is 61.6 cm³/mol. The third-order valence-electron chi connectivity index (χ3n) is 2.41. The van der Waals surface area contributed by atoms with Crippen molar-refractivity contribution in [3.63, 3.8) is 0 Å². The highest BCUT2D eigenvalue weighted by atomic mass is 16.5. The van der Waals surface area contributed by atoms with Gasteiger partial charge in [-0.2, -0.15) is 0 Å². The SMILES string of the molecule is COC(=O)/C(C)=C/c1c(C)cccc1C. The average Bonchev–Trinajstić information content (AvgIpc) is 2.22. The molecule has 0 fully saturated rings. The molecule has 0 N–H and O–H groups in total. The number of ether oxygens (including phenoxy) is 1. The van der Waals surface area contributed by atoms with Gasteiger partial charge in [-0.25, -0.2) is 4.79 Å². The summed E-state index contributed by atoms with van der Waals surface area (Å²) in [7, 11) is 1.39. The summed E-state index contributed by atoms with van der Waals surface area (Å²) in [6.07, 6.45) is 1.87. The van der Waals surface area contributed by atoms with Crippen LogP contribution < -0.4 is 0 Å². The van der Waals surface area contributed by atoms with E-state index in [9.17, 15) is 4.79 Å². The van der Waals surface area contributed by atoms with Crippen LogP contribution in [0.2, 0.25) is 0 Å². The lowest BCUT2D eigenvalue weighted by Gasteiger charge is -2.06. The number of esters is 1. The van der Waals surface area contributed by atoms with Crippen molar-refractivity contribution in [3.8, 4) is 0 Å². The van der Waals surface area contributed by atoms with Gasteiger partial charge in [-0.05, 0) is 43.5 Å². The summed E-state index contributed by atoms with van der Waals surface area (Å²) in [6.45, 7) is 5.82. The van der Waals surface area contributed by atoms with Crippen molar-refractivity contribution in [1.29, 1.82) is 0 Å². The van der Waals surface area contributed by atoms with Crippen LogP contribution >= 0.6 is 0 Å². The number of carbonyl (C=O) groups is 1. The van der Waals surface area contributed by atoms with Crippen molar-refractivity contribution in [2.75, 3.05) is 7.11 Å². The number of benzene rings is 1. The molecular formula is C13H16O2. The Kier molecular flexibility index (Phi) is 3.67. The quantitative estimate of drug-likeness (QED) is 0.547. The first kappa shape index (κ1) is 11.5. The Bertz CT molecular complexity index is 383. The molecule has 0 heterocycles. The Morgan fingerprint density at radius 3 is 2.27 bits per heavy atom. The summed E-state index contributed by atoms with van der Waals surface area (Å²) >= 11 is 0. The van der Waals surface area contributed by atoms with Crippen LogP contribution in [0.5, 0.6) is 0 Å². The van der Waals surface area contributed by atoms with E-state index in [1.807, 2.05) is 38.1 Å². The summed E-state index contributed by atoms with van der Waals surface area (Å²) in [5.41, 5.74) is 4.05. The van der Waals surface area contributed by atoms with E-state index < -0.39 is 0 Å². The lowest BCUT2D eigenvalue weighted by molar-refractivity contribution is -0.135. The smallest absolute Gasteiger partial charge is 0.333 e. The van der Waals surface area contributed by atoms with E-state index in [2.05, 4.69) is 4.74 Å². The van der Waals surface area contributed by atoms with Crippen LogP contribution in [0, 0.1) is 13.8 Å². The number of methoxy groups -OCH3 is 1. The highest BCUT2D eigenvalue weighted by Crippen LogP contribution is 2.17. The van der Waals surface area contributed by atoms with E-state index in [0.717, 1.165) is 5.56 Å².